The van der Waals surface area contributed by atoms with Gasteiger partial charge in [-0.25, -0.2) is 0 Å². The van der Waals surface area contributed by atoms with Crippen molar-refractivity contribution in [3.05, 3.63) is 17.0 Å². The quantitative estimate of drug-likeness (QED) is 0.618. The number of hydrogen-bond acceptors (Lipinski definition) is 2. The van der Waals surface area contributed by atoms with Crippen molar-refractivity contribution in [3.63, 3.8) is 0 Å². The minimum atomic E-state index is 0.325. The number of hydrogen-bond donors (Lipinski definition) is 2. The molecule has 0 spiro atoms. The molecule has 0 amide bonds. The summed E-state index contributed by atoms with van der Waals surface area (Å²) in [6.07, 6.45) is 2.02. The lowest BCUT2D eigenvalue weighted by Crippen LogP contribution is -2.43. The van der Waals surface area contributed by atoms with Crippen molar-refractivity contribution in [2.24, 2.45) is 12.0 Å². The smallest absolute Gasteiger partial charge is 0.191 e. The lowest BCUT2D eigenvalue weighted by Gasteiger charge is -2.18. The van der Waals surface area contributed by atoms with Crippen LogP contribution in [-0.4, -0.2) is 34.9 Å². The third-order valence-corrected chi connectivity index (χ3v) is 3.39. The van der Waals surface area contributed by atoms with Gasteiger partial charge in [-0.3, -0.25) is 9.67 Å². The van der Waals surface area contributed by atoms with Crippen LogP contribution in [-0.2, 0) is 13.5 Å². The molecule has 1 rings (SSSR count). The molecule has 0 aliphatic heterocycles. The molecule has 0 bridgehead atoms. The highest BCUT2D eigenvalue weighted by Crippen LogP contribution is 2.14. The summed E-state index contributed by atoms with van der Waals surface area (Å²) in [6.45, 7) is 12.3. The van der Waals surface area contributed by atoms with Gasteiger partial charge >= 0.3 is 0 Å². The van der Waals surface area contributed by atoms with E-state index in [9.17, 15) is 0 Å². The summed E-state index contributed by atoms with van der Waals surface area (Å²) in [5.74, 6) is 0.904. The van der Waals surface area contributed by atoms with Gasteiger partial charge in [0.25, 0.3) is 0 Å². The van der Waals surface area contributed by atoms with Crippen LogP contribution in [0.25, 0.3) is 0 Å². The summed E-state index contributed by atoms with van der Waals surface area (Å²) in [7, 11) is 2.00. The van der Waals surface area contributed by atoms with E-state index in [1.165, 1.54) is 11.3 Å². The molecule has 0 radical (unpaired) electrons. The van der Waals surface area contributed by atoms with Gasteiger partial charge in [-0.15, -0.1) is 0 Å². The predicted octanol–water partition coefficient (Wildman–Crippen LogP) is 1.93. The summed E-state index contributed by atoms with van der Waals surface area (Å²) >= 11 is 0. The number of nitrogens with one attached hydrogen (secondary N) is 2. The third kappa shape index (κ3) is 4.54. The second-order valence-electron chi connectivity index (χ2n) is 5.28. The molecule has 0 saturated carbocycles. The maximum Gasteiger partial charge on any atom is 0.191 e. The fourth-order valence-corrected chi connectivity index (χ4v) is 2.25. The summed E-state index contributed by atoms with van der Waals surface area (Å²) < 4.78 is 1.95. The van der Waals surface area contributed by atoms with Crippen molar-refractivity contribution in [3.8, 4) is 0 Å². The van der Waals surface area contributed by atoms with E-state index in [0.717, 1.165) is 37.6 Å². The van der Waals surface area contributed by atoms with E-state index in [1.807, 2.05) is 11.7 Å². The van der Waals surface area contributed by atoms with Crippen LogP contribution in [0.1, 0.15) is 44.1 Å². The van der Waals surface area contributed by atoms with Crippen LogP contribution in [0.4, 0.5) is 0 Å². The van der Waals surface area contributed by atoms with Crippen LogP contribution in [0, 0.1) is 13.8 Å². The molecule has 1 aromatic heterocycles. The Kier molecular flexibility index (Phi) is 6.55. The second kappa shape index (κ2) is 7.92. The first-order valence-corrected chi connectivity index (χ1v) is 7.53. The summed E-state index contributed by atoms with van der Waals surface area (Å²) in [4.78, 5) is 4.54. The molecule has 0 aliphatic carbocycles. The van der Waals surface area contributed by atoms with Crippen LogP contribution < -0.4 is 10.6 Å². The van der Waals surface area contributed by atoms with Gasteiger partial charge in [0.2, 0.25) is 0 Å². The van der Waals surface area contributed by atoms with E-state index in [-0.39, 0.29) is 0 Å². The highest BCUT2D eigenvalue weighted by atomic mass is 15.3. The van der Waals surface area contributed by atoms with Gasteiger partial charge in [-0.05, 0) is 46.1 Å². The number of guanidine groups is 1. The van der Waals surface area contributed by atoms with E-state index in [2.05, 4.69) is 55.3 Å². The number of rotatable bonds is 6. The van der Waals surface area contributed by atoms with Crippen LogP contribution >= 0.6 is 0 Å². The summed E-state index contributed by atoms with van der Waals surface area (Å²) in [5.41, 5.74) is 3.69. The first kappa shape index (κ1) is 16.5. The molecular weight excluding hydrogens is 250 g/mol. The lowest BCUT2D eigenvalue weighted by molar-refractivity contribution is 0.635. The van der Waals surface area contributed by atoms with Crippen LogP contribution in [0.15, 0.2) is 4.99 Å². The minimum Gasteiger partial charge on any atom is -0.357 e. The van der Waals surface area contributed by atoms with Gasteiger partial charge < -0.3 is 10.6 Å². The standard InChI is InChI=1S/C15H29N5/c1-7-9-17-15(16-8-2)18-11(3)10-14-12(4)19-20(6)13(14)5/h11H,7-10H2,1-6H3,(H2,16,17,18). The number of nitrogens with zero attached hydrogens (tertiary/aromatic N) is 3. The van der Waals surface area contributed by atoms with Crippen molar-refractivity contribution < 1.29 is 0 Å². The highest BCUT2D eigenvalue weighted by Gasteiger charge is 2.13. The molecule has 20 heavy (non-hydrogen) atoms. The maximum atomic E-state index is 4.54. The van der Waals surface area contributed by atoms with Gasteiger partial charge in [-0.1, -0.05) is 6.92 Å². The van der Waals surface area contributed by atoms with E-state index in [4.69, 9.17) is 0 Å². The fraction of sp³-hybridized carbons (Fsp3) is 0.733. The maximum absolute atomic E-state index is 4.54. The zero-order valence-electron chi connectivity index (χ0n) is 13.7. The van der Waals surface area contributed by atoms with Crippen LogP contribution in [0.5, 0.6) is 0 Å². The number of aromatic nitrogens is 2. The van der Waals surface area contributed by atoms with E-state index in [0.29, 0.717) is 6.04 Å². The molecule has 1 unspecified atom stereocenters. The molecule has 0 fully saturated rings. The Morgan fingerprint density at radius 1 is 1.35 bits per heavy atom. The molecule has 1 aromatic rings. The van der Waals surface area contributed by atoms with E-state index >= 15 is 0 Å². The number of aryl methyl sites for hydroxylation is 2. The van der Waals surface area contributed by atoms with Gasteiger partial charge in [0.05, 0.1) is 5.69 Å². The Morgan fingerprint density at radius 2 is 2.05 bits per heavy atom. The molecule has 1 atom stereocenters. The average molecular weight is 279 g/mol. The van der Waals surface area contributed by atoms with Crippen molar-refractivity contribution in [2.75, 3.05) is 13.1 Å². The number of aliphatic imine (C=N–C) groups is 1. The largest absolute Gasteiger partial charge is 0.357 e. The van der Waals surface area contributed by atoms with Gasteiger partial charge in [0, 0.05) is 31.9 Å². The minimum absolute atomic E-state index is 0.325. The first-order valence-electron chi connectivity index (χ1n) is 7.53. The van der Waals surface area contributed by atoms with Crippen molar-refractivity contribution in [2.45, 2.75) is 53.5 Å². The Labute approximate surface area is 122 Å². The zero-order chi connectivity index (χ0) is 15.1. The van der Waals surface area contributed by atoms with Crippen molar-refractivity contribution >= 4 is 5.96 Å². The first-order chi connectivity index (χ1) is 9.49. The summed E-state index contributed by atoms with van der Waals surface area (Å²) in [6, 6.07) is 0.325. The van der Waals surface area contributed by atoms with Gasteiger partial charge in [0.15, 0.2) is 5.96 Å². The molecule has 0 aliphatic rings. The molecule has 114 valence electrons. The fourth-order valence-electron chi connectivity index (χ4n) is 2.25. The van der Waals surface area contributed by atoms with Crippen molar-refractivity contribution in [1.29, 1.82) is 0 Å². The molecular formula is C15H29N5. The molecule has 1 heterocycles. The average Bonchev–Trinajstić information content (AvgIpc) is 2.63. The molecule has 5 nitrogen and oxygen atoms in total. The predicted molar refractivity (Wildman–Crippen MR) is 85.3 cm³/mol. The van der Waals surface area contributed by atoms with E-state index in [1.54, 1.807) is 0 Å². The van der Waals surface area contributed by atoms with Crippen LogP contribution in [0.2, 0.25) is 0 Å². The molecule has 0 aromatic carbocycles. The molecule has 2 N–H and O–H groups in total. The molecule has 5 heteroatoms. The molecule has 0 saturated heterocycles. The monoisotopic (exact) mass is 279 g/mol. The Hall–Kier alpha value is -1.52. The highest BCUT2D eigenvalue weighted by molar-refractivity contribution is 5.80. The third-order valence-electron chi connectivity index (χ3n) is 3.39. The van der Waals surface area contributed by atoms with Crippen molar-refractivity contribution in [1.82, 2.24) is 20.4 Å². The Morgan fingerprint density at radius 3 is 2.55 bits per heavy atom. The van der Waals surface area contributed by atoms with Crippen LogP contribution in [0.3, 0.4) is 0 Å². The Balaban J connectivity index is 2.67. The topological polar surface area (TPSA) is 54.2 Å². The summed E-state index contributed by atoms with van der Waals surface area (Å²) in [5, 5.41) is 11.2. The lowest BCUT2D eigenvalue weighted by atomic mass is 10.1. The normalized spacial score (nSPS) is 13.4. The van der Waals surface area contributed by atoms with Gasteiger partial charge in [-0.2, -0.15) is 5.10 Å². The Bertz CT molecular complexity index is 447. The second-order valence-corrected chi connectivity index (χ2v) is 5.28. The zero-order valence-corrected chi connectivity index (χ0v) is 13.7. The van der Waals surface area contributed by atoms with Gasteiger partial charge in [0.1, 0.15) is 0 Å². The van der Waals surface area contributed by atoms with E-state index < -0.39 is 0 Å². The SMILES string of the molecule is CCCN=C(NCC)NC(C)Cc1c(C)nn(C)c1C.